The summed E-state index contributed by atoms with van der Waals surface area (Å²) in [5, 5.41) is 19.2. The maximum absolute atomic E-state index is 13.9. The van der Waals surface area contributed by atoms with Crippen LogP contribution in [0.25, 0.3) is 16.9 Å². The van der Waals surface area contributed by atoms with Crippen LogP contribution in [0.2, 0.25) is 0 Å². The molecule has 0 atom stereocenters. The van der Waals surface area contributed by atoms with E-state index in [9.17, 15) is 9.18 Å². The predicted molar refractivity (Wildman–Crippen MR) is 163 cm³/mol. The van der Waals surface area contributed by atoms with Crippen LogP contribution in [0.4, 0.5) is 10.1 Å². The Hall–Kier alpha value is -3.08. The van der Waals surface area contributed by atoms with Gasteiger partial charge in [0.2, 0.25) is 0 Å². The number of aliphatic hydroxyl groups excluding tert-OH is 1. The fraction of sp³-hybridized carbons (Fsp3) is 0.367. The number of carbonyl (C=O) groups excluding carboxylic acids is 1. The maximum Gasteiger partial charge on any atom is 0.251 e. The topological polar surface area (TPSA) is 91.5 Å². The van der Waals surface area contributed by atoms with E-state index in [4.69, 9.17) is 15.2 Å². The van der Waals surface area contributed by atoms with Gasteiger partial charge in [0.1, 0.15) is 10.8 Å². The molecule has 1 aliphatic rings. The fourth-order valence-corrected chi connectivity index (χ4v) is 6.65. The molecule has 0 spiro atoms. The Bertz CT molecular complexity index is 1440. The lowest BCUT2D eigenvalue weighted by molar-refractivity contribution is 0.0953. The smallest absolute Gasteiger partial charge is 0.251 e. The first-order valence-corrected chi connectivity index (χ1v) is 15.5. The van der Waals surface area contributed by atoms with Gasteiger partial charge in [0, 0.05) is 36.2 Å². The molecule has 2 aromatic heterocycles. The van der Waals surface area contributed by atoms with Crippen molar-refractivity contribution >= 4 is 40.8 Å². The van der Waals surface area contributed by atoms with Gasteiger partial charge in [-0.15, -0.1) is 0 Å². The number of rotatable bonds is 9. The van der Waals surface area contributed by atoms with Crippen LogP contribution < -0.4 is 10.6 Å². The number of anilines is 1. The van der Waals surface area contributed by atoms with E-state index < -0.39 is 0 Å². The predicted octanol–water partition coefficient (Wildman–Crippen LogP) is 6.30. The molecule has 1 aliphatic heterocycles. The molecule has 0 aliphatic carbocycles. The van der Waals surface area contributed by atoms with Gasteiger partial charge < -0.3 is 15.7 Å². The van der Waals surface area contributed by atoms with Crippen LogP contribution in [-0.2, 0) is 0 Å². The Kier molecular flexibility index (Phi) is 10.9. The molecule has 40 heavy (non-hydrogen) atoms. The number of aliphatic hydroxyl groups is 1. The molecule has 0 bridgehead atoms. The van der Waals surface area contributed by atoms with Gasteiger partial charge >= 0.3 is 0 Å². The van der Waals surface area contributed by atoms with E-state index in [2.05, 4.69) is 10.6 Å². The van der Waals surface area contributed by atoms with E-state index in [1.807, 2.05) is 66.7 Å². The second kappa shape index (κ2) is 14.5. The zero-order valence-electron chi connectivity index (χ0n) is 23.1. The van der Waals surface area contributed by atoms with Gasteiger partial charge in [-0.1, -0.05) is 30.8 Å². The molecular weight excluding hydrogens is 545 g/mol. The minimum absolute atomic E-state index is 0.0615. The van der Waals surface area contributed by atoms with Gasteiger partial charge in [-0.3, -0.25) is 4.79 Å². The van der Waals surface area contributed by atoms with E-state index in [1.165, 1.54) is 48.2 Å². The Balaban J connectivity index is 0.00000181. The number of nitrogens with zero attached hydrogens (tertiary/aromatic N) is 3. The minimum atomic E-state index is -0.272. The highest BCUT2D eigenvalue weighted by atomic mass is 32.2. The summed E-state index contributed by atoms with van der Waals surface area (Å²) in [5.74, 6) is 2.71. The third-order valence-corrected chi connectivity index (χ3v) is 8.64. The van der Waals surface area contributed by atoms with Crippen molar-refractivity contribution in [3.8, 4) is 11.3 Å². The van der Waals surface area contributed by atoms with Crippen LogP contribution >= 0.6 is 23.5 Å². The standard InChI is InChI=1S/C29H32FN5OS2.CH4O/c1-3-11-31-29(36)24-8-7-21(14-19(24)2)26-18-33-28-25(32-17-20-9-12-37-13-10-20)16-27(34-35(26)28)38-23-6-4-5-22(30)15-23;1-2/h4-8,14-16,18,20,32H,3,9-13,17H2,1-2H3,(H,31,36);2H,1H3. The molecule has 0 radical (unpaired) electrons. The zero-order chi connectivity index (χ0) is 28.5. The van der Waals surface area contributed by atoms with Crippen molar-refractivity contribution in [3.63, 3.8) is 0 Å². The molecule has 5 rings (SSSR count). The number of amides is 1. The Morgan fingerprint density at radius 2 is 1.98 bits per heavy atom. The van der Waals surface area contributed by atoms with E-state index in [0.29, 0.717) is 18.0 Å². The summed E-state index contributed by atoms with van der Waals surface area (Å²) in [6.07, 6.45) is 5.14. The van der Waals surface area contributed by atoms with Crippen molar-refractivity contribution in [3.05, 3.63) is 71.7 Å². The van der Waals surface area contributed by atoms with Crippen LogP contribution in [0.3, 0.4) is 0 Å². The van der Waals surface area contributed by atoms with Crippen molar-refractivity contribution < 1.29 is 14.3 Å². The summed E-state index contributed by atoms with van der Waals surface area (Å²) in [7, 11) is 1.00. The Morgan fingerprint density at radius 1 is 1.18 bits per heavy atom. The molecule has 0 unspecified atom stereocenters. The monoisotopic (exact) mass is 581 g/mol. The molecule has 1 amide bonds. The van der Waals surface area contributed by atoms with Gasteiger partial charge in [-0.2, -0.15) is 16.9 Å². The Labute approximate surface area is 243 Å². The lowest BCUT2D eigenvalue weighted by Crippen LogP contribution is -2.24. The first-order chi connectivity index (χ1) is 19.5. The summed E-state index contributed by atoms with van der Waals surface area (Å²) in [6, 6.07) is 14.4. The molecule has 3 N–H and O–H groups in total. The van der Waals surface area contributed by atoms with E-state index in [1.54, 1.807) is 6.07 Å². The largest absolute Gasteiger partial charge is 0.400 e. The second-order valence-corrected chi connectivity index (χ2v) is 11.9. The highest BCUT2D eigenvalue weighted by molar-refractivity contribution is 7.99. The third kappa shape index (κ3) is 7.35. The number of halogens is 1. The molecule has 7 nitrogen and oxygen atoms in total. The van der Waals surface area contributed by atoms with Crippen LogP contribution in [0.5, 0.6) is 0 Å². The highest BCUT2D eigenvalue weighted by Crippen LogP contribution is 2.33. The van der Waals surface area contributed by atoms with Crippen LogP contribution in [0.1, 0.15) is 42.1 Å². The van der Waals surface area contributed by atoms with Crippen molar-refractivity contribution in [2.45, 2.75) is 43.0 Å². The normalized spacial score (nSPS) is 13.5. The van der Waals surface area contributed by atoms with E-state index >= 15 is 0 Å². The van der Waals surface area contributed by atoms with Crippen LogP contribution in [-0.4, -0.2) is 57.3 Å². The number of thioether (sulfide) groups is 1. The third-order valence-electron chi connectivity index (χ3n) is 6.69. The molecule has 212 valence electrons. The summed E-state index contributed by atoms with van der Waals surface area (Å²) in [4.78, 5) is 18.1. The average Bonchev–Trinajstić information content (AvgIpc) is 3.40. The average molecular weight is 582 g/mol. The van der Waals surface area contributed by atoms with Crippen molar-refractivity contribution in [1.29, 1.82) is 0 Å². The summed E-state index contributed by atoms with van der Waals surface area (Å²) >= 11 is 3.44. The highest BCUT2D eigenvalue weighted by Gasteiger charge is 2.18. The SMILES string of the molecule is CCCNC(=O)c1ccc(-c2cnc3c(NCC4CCSCC4)cc(Sc4cccc(F)c4)nn23)cc1C.CO. The van der Waals surface area contributed by atoms with Gasteiger partial charge in [-0.05, 0) is 85.6 Å². The number of fused-ring (bicyclic) bond motifs is 1. The van der Waals surface area contributed by atoms with Crippen molar-refractivity contribution in [1.82, 2.24) is 19.9 Å². The van der Waals surface area contributed by atoms with Gasteiger partial charge in [0.05, 0.1) is 17.6 Å². The summed E-state index contributed by atoms with van der Waals surface area (Å²) < 4.78 is 15.7. The number of benzene rings is 2. The number of hydrogen-bond acceptors (Lipinski definition) is 7. The number of hydrogen-bond donors (Lipinski definition) is 3. The molecule has 2 aromatic carbocycles. The molecule has 10 heteroatoms. The number of aromatic nitrogens is 3. The van der Waals surface area contributed by atoms with Crippen LogP contribution in [0.15, 0.2) is 64.6 Å². The van der Waals surface area contributed by atoms with Gasteiger partial charge in [0.25, 0.3) is 5.91 Å². The summed E-state index contributed by atoms with van der Waals surface area (Å²) in [5.41, 5.74) is 4.98. The maximum atomic E-state index is 13.9. The quantitative estimate of drug-likeness (QED) is 0.214. The first-order valence-electron chi connectivity index (χ1n) is 13.5. The molecule has 4 aromatic rings. The first kappa shape index (κ1) is 29.9. The molecular formula is C30H36FN5O2S2. The summed E-state index contributed by atoms with van der Waals surface area (Å²) in [6.45, 7) is 5.51. The molecule has 1 saturated heterocycles. The molecule has 1 fully saturated rings. The van der Waals surface area contributed by atoms with E-state index in [0.717, 1.165) is 58.2 Å². The minimum Gasteiger partial charge on any atom is -0.400 e. The van der Waals surface area contributed by atoms with Gasteiger partial charge in [-0.25, -0.2) is 13.9 Å². The number of aryl methyl sites for hydroxylation is 1. The number of carbonyl (C=O) groups is 1. The van der Waals surface area contributed by atoms with E-state index in [-0.39, 0.29) is 11.7 Å². The zero-order valence-corrected chi connectivity index (χ0v) is 24.7. The van der Waals surface area contributed by atoms with Gasteiger partial charge in [0.15, 0.2) is 5.65 Å². The second-order valence-electron chi connectivity index (χ2n) is 9.56. The Morgan fingerprint density at radius 3 is 2.70 bits per heavy atom. The molecule has 0 saturated carbocycles. The van der Waals surface area contributed by atoms with Crippen LogP contribution in [0, 0.1) is 18.7 Å². The fourth-order valence-electron chi connectivity index (χ4n) is 4.59. The molecule has 3 heterocycles. The number of nitrogens with one attached hydrogen (secondary N) is 2. The van der Waals surface area contributed by atoms with Crippen molar-refractivity contribution in [2.75, 3.05) is 37.0 Å². The lowest BCUT2D eigenvalue weighted by atomic mass is 10.0. The van der Waals surface area contributed by atoms with Crippen molar-refractivity contribution in [2.24, 2.45) is 5.92 Å². The number of imidazole rings is 1. The lowest BCUT2D eigenvalue weighted by Gasteiger charge is -2.22.